The molecule has 2 rings (SSSR count). The summed E-state index contributed by atoms with van der Waals surface area (Å²) in [5, 5.41) is 0.567. The van der Waals surface area contributed by atoms with Crippen molar-refractivity contribution in [2.75, 3.05) is 7.11 Å². The van der Waals surface area contributed by atoms with Crippen molar-refractivity contribution in [1.29, 1.82) is 0 Å². The second-order valence-electron chi connectivity index (χ2n) is 3.35. The number of nitrogens with one attached hydrogen (secondary N) is 1. The van der Waals surface area contributed by atoms with Crippen LogP contribution in [0.2, 0.25) is 5.02 Å². The molecule has 1 aromatic heterocycles. The molecule has 2 aromatic rings. The van der Waals surface area contributed by atoms with Crippen LogP contribution in [0.15, 0.2) is 30.6 Å². The molecular weight excluding hydrogens is 226 g/mol. The molecule has 84 valence electrons. The third kappa shape index (κ3) is 2.03. The first-order valence-electron chi connectivity index (χ1n) is 4.80. The van der Waals surface area contributed by atoms with Gasteiger partial charge in [-0.15, -0.1) is 0 Å². The minimum atomic E-state index is -0.304. The molecule has 0 aliphatic heterocycles. The number of benzene rings is 1. The lowest BCUT2D eigenvalue weighted by atomic mass is 10.1. The minimum Gasteiger partial charge on any atom is -0.495 e. The molecule has 0 saturated heterocycles. The van der Waals surface area contributed by atoms with Crippen molar-refractivity contribution in [3.63, 3.8) is 0 Å². The second-order valence-corrected chi connectivity index (χ2v) is 3.75. The molecule has 1 unspecified atom stereocenters. The molecule has 4 nitrogen and oxygen atoms in total. The van der Waals surface area contributed by atoms with Crippen molar-refractivity contribution in [3.05, 3.63) is 47.0 Å². The number of nitrogens with zero attached hydrogens (tertiary/aromatic N) is 1. The van der Waals surface area contributed by atoms with Gasteiger partial charge in [0.2, 0.25) is 0 Å². The lowest BCUT2D eigenvalue weighted by Gasteiger charge is -2.11. The highest BCUT2D eigenvalue weighted by atomic mass is 35.5. The maximum Gasteiger partial charge on any atom is 0.137 e. The molecule has 0 bridgehead atoms. The van der Waals surface area contributed by atoms with Gasteiger partial charge < -0.3 is 15.5 Å². The zero-order valence-corrected chi connectivity index (χ0v) is 9.53. The van der Waals surface area contributed by atoms with E-state index in [1.165, 1.54) is 0 Å². The number of aromatic amines is 1. The Labute approximate surface area is 98.4 Å². The van der Waals surface area contributed by atoms with Crippen LogP contribution in [0.25, 0.3) is 0 Å². The van der Waals surface area contributed by atoms with Gasteiger partial charge in [-0.2, -0.15) is 0 Å². The van der Waals surface area contributed by atoms with Crippen molar-refractivity contribution in [3.8, 4) is 5.75 Å². The van der Waals surface area contributed by atoms with E-state index in [0.29, 0.717) is 16.6 Å². The third-order valence-electron chi connectivity index (χ3n) is 2.35. The topological polar surface area (TPSA) is 63.9 Å². The van der Waals surface area contributed by atoms with Crippen LogP contribution in [-0.2, 0) is 0 Å². The van der Waals surface area contributed by atoms with E-state index in [-0.39, 0.29) is 6.04 Å². The second kappa shape index (κ2) is 4.55. The normalized spacial score (nSPS) is 12.4. The van der Waals surface area contributed by atoms with Gasteiger partial charge in [0.15, 0.2) is 0 Å². The number of nitrogens with two attached hydrogens (primary N) is 1. The Morgan fingerprint density at radius 2 is 2.31 bits per heavy atom. The van der Waals surface area contributed by atoms with Crippen molar-refractivity contribution in [2.45, 2.75) is 6.04 Å². The predicted octanol–water partition coefficient (Wildman–Crippen LogP) is 2.12. The first-order chi connectivity index (χ1) is 7.72. The first-order valence-corrected chi connectivity index (χ1v) is 5.18. The van der Waals surface area contributed by atoms with Crippen LogP contribution in [-0.4, -0.2) is 17.1 Å². The summed E-state index contributed by atoms with van der Waals surface area (Å²) in [4.78, 5) is 7.09. The minimum absolute atomic E-state index is 0.304. The lowest BCUT2D eigenvalue weighted by molar-refractivity contribution is 0.414. The predicted molar refractivity (Wildman–Crippen MR) is 62.6 cm³/mol. The van der Waals surface area contributed by atoms with E-state index in [1.54, 1.807) is 25.6 Å². The summed E-state index contributed by atoms with van der Waals surface area (Å²) in [7, 11) is 1.57. The van der Waals surface area contributed by atoms with Gasteiger partial charge >= 0.3 is 0 Å². The van der Waals surface area contributed by atoms with Crippen molar-refractivity contribution in [2.24, 2.45) is 5.73 Å². The fraction of sp³-hybridized carbons (Fsp3) is 0.182. The van der Waals surface area contributed by atoms with Crippen LogP contribution in [0.5, 0.6) is 5.75 Å². The number of H-pyrrole nitrogens is 1. The number of methoxy groups -OCH3 is 1. The molecule has 0 aliphatic rings. The average molecular weight is 238 g/mol. The number of hydrogen-bond donors (Lipinski definition) is 2. The molecule has 0 amide bonds. The Morgan fingerprint density at radius 3 is 2.94 bits per heavy atom. The van der Waals surface area contributed by atoms with Gasteiger partial charge in [0, 0.05) is 12.4 Å². The van der Waals surface area contributed by atoms with Crippen LogP contribution < -0.4 is 10.5 Å². The van der Waals surface area contributed by atoms with Crippen LogP contribution in [0.4, 0.5) is 0 Å². The summed E-state index contributed by atoms with van der Waals surface area (Å²) in [5.74, 6) is 1.32. The van der Waals surface area contributed by atoms with Gasteiger partial charge in [0.25, 0.3) is 0 Å². The van der Waals surface area contributed by atoms with E-state index in [1.807, 2.05) is 12.1 Å². The molecule has 0 aliphatic carbocycles. The number of halogens is 1. The number of aromatic nitrogens is 2. The number of rotatable bonds is 3. The van der Waals surface area contributed by atoms with E-state index in [9.17, 15) is 0 Å². The summed E-state index contributed by atoms with van der Waals surface area (Å²) in [6.07, 6.45) is 3.41. The molecule has 16 heavy (non-hydrogen) atoms. The molecular formula is C11H12ClN3O. The average Bonchev–Trinajstić information content (AvgIpc) is 2.82. The Balaban J connectivity index is 2.34. The zero-order valence-electron chi connectivity index (χ0n) is 8.77. The van der Waals surface area contributed by atoms with E-state index in [0.717, 1.165) is 5.56 Å². The van der Waals surface area contributed by atoms with Crippen molar-refractivity contribution in [1.82, 2.24) is 9.97 Å². The van der Waals surface area contributed by atoms with Gasteiger partial charge in [-0.05, 0) is 17.7 Å². The number of hydrogen-bond acceptors (Lipinski definition) is 3. The summed E-state index contributed by atoms with van der Waals surface area (Å²) in [6, 6.07) is 5.13. The molecule has 1 heterocycles. The maximum absolute atomic E-state index is 6.04. The smallest absolute Gasteiger partial charge is 0.137 e. The van der Waals surface area contributed by atoms with Crippen LogP contribution in [0.3, 0.4) is 0 Å². The number of ether oxygens (including phenoxy) is 1. The molecule has 0 radical (unpaired) electrons. The summed E-state index contributed by atoms with van der Waals surface area (Å²) < 4.78 is 5.14. The zero-order chi connectivity index (χ0) is 11.5. The Hall–Kier alpha value is -1.52. The van der Waals surface area contributed by atoms with Crippen LogP contribution in [0, 0.1) is 0 Å². The van der Waals surface area contributed by atoms with Gasteiger partial charge in [0.1, 0.15) is 11.6 Å². The molecule has 1 atom stereocenters. The van der Waals surface area contributed by atoms with Gasteiger partial charge in [-0.25, -0.2) is 4.98 Å². The number of imidazole rings is 1. The summed E-state index contributed by atoms with van der Waals surface area (Å²) in [5.41, 5.74) is 6.94. The van der Waals surface area contributed by atoms with E-state index in [2.05, 4.69) is 9.97 Å². The van der Waals surface area contributed by atoms with Gasteiger partial charge in [0.05, 0.1) is 18.2 Å². The highest BCUT2D eigenvalue weighted by Gasteiger charge is 2.13. The largest absolute Gasteiger partial charge is 0.495 e. The third-order valence-corrected chi connectivity index (χ3v) is 2.66. The summed E-state index contributed by atoms with van der Waals surface area (Å²) >= 11 is 5.94. The summed E-state index contributed by atoms with van der Waals surface area (Å²) in [6.45, 7) is 0. The maximum atomic E-state index is 6.04. The van der Waals surface area contributed by atoms with Crippen LogP contribution >= 0.6 is 11.6 Å². The molecule has 0 spiro atoms. The van der Waals surface area contributed by atoms with Crippen molar-refractivity contribution < 1.29 is 4.74 Å². The lowest BCUT2D eigenvalue weighted by Crippen LogP contribution is -2.13. The van der Waals surface area contributed by atoms with E-state index in [4.69, 9.17) is 22.1 Å². The standard InChI is InChI=1S/C11H12ClN3O/c1-16-9-6-7(2-3-8(9)12)10(13)11-14-4-5-15-11/h2-6,10H,13H2,1H3,(H,14,15). The quantitative estimate of drug-likeness (QED) is 0.860. The fourth-order valence-electron chi connectivity index (χ4n) is 1.48. The Bertz CT molecular complexity index is 470. The highest BCUT2D eigenvalue weighted by molar-refractivity contribution is 6.32. The fourth-order valence-corrected chi connectivity index (χ4v) is 1.67. The van der Waals surface area contributed by atoms with Gasteiger partial charge in [-0.3, -0.25) is 0 Å². The van der Waals surface area contributed by atoms with Crippen molar-refractivity contribution >= 4 is 11.6 Å². The molecule has 5 heteroatoms. The monoisotopic (exact) mass is 237 g/mol. The highest BCUT2D eigenvalue weighted by Crippen LogP contribution is 2.28. The molecule has 3 N–H and O–H groups in total. The Kier molecular flexibility index (Phi) is 3.12. The molecule has 0 fully saturated rings. The van der Waals surface area contributed by atoms with E-state index >= 15 is 0 Å². The van der Waals surface area contributed by atoms with Gasteiger partial charge in [-0.1, -0.05) is 17.7 Å². The Morgan fingerprint density at radius 1 is 1.50 bits per heavy atom. The molecule has 1 aromatic carbocycles. The van der Waals surface area contributed by atoms with Crippen LogP contribution in [0.1, 0.15) is 17.4 Å². The molecule has 0 saturated carbocycles. The first kappa shape index (κ1) is 11.0. The SMILES string of the molecule is COc1cc(C(N)c2ncc[nH]2)ccc1Cl. The van der Waals surface area contributed by atoms with E-state index < -0.39 is 0 Å².